The van der Waals surface area contributed by atoms with Crippen molar-refractivity contribution in [2.75, 3.05) is 59.6 Å². The standard InChI is InChI=1S/C21H36N4O3.HI/c1-5-22-20(23-9-8-18-7-6-17(2)19(14-18)27-4)24-15-21(3,26)16-25-10-12-28-13-11-25;/h6-7,14,26H,5,8-13,15-16H2,1-4H3,(H2,22,23,24);1H. The number of β-amino-alcohol motifs (C(OH)–C–C–N with tert-alkyl or cyclic N) is 1. The van der Waals surface area contributed by atoms with Gasteiger partial charge in [-0.15, -0.1) is 24.0 Å². The molecule has 1 aliphatic rings. The van der Waals surface area contributed by atoms with Crippen LogP contribution in [-0.4, -0.2) is 81.2 Å². The van der Waals surface area contributed by atoms with E-state index in [0.717, 1.165) is 63.1 Å². The van der Waals surface area contributed by atoms with Gasteiger partial charge < -0.3 is 25.2 Å². The zero-order valence-corrected chi connectivity index (χ0v) is 20.5. The SMILES string of the molecule is CCNC(=NCC(C)(O)CN1CCOCC1)NCCc1ccc(C)c(OC)c1.I. The predicted molar refractivity (Wildman–Crippen MR) is 129 cm³/mol. The Morgan fingerprint density at radius 2 is 2.03 bits per heavy atom. The van der Waals surface area contributed by atoms with Crippen LogP contribution in [0.2, 0.25) is 0 Å². The first-order valence-electron chi connectivity index (χ1n) is 10.1. The van der Waals surface area contributed by atoms with Gasteiger partial charge in [0.25, 0.3) is 0 Å². The van der Waals surface area contributed by atoms with Gasteiger partial charge in [0.1, 0.15) is 5.75 Å². The minimum Gasteiger partial charge on any atom is -0.496 e. The smallest absolute Gasteiger partial charge is 0.191 e. The second-order valence-corrected chi connectivity index (χ2v) is 7.56. The van der Waals surface area contributed by atoms with Crippen LogP contribution in [0.1, 0.15) is 25.0 Å². The van der Waals surface area contributed by atoms with Crippen molar-refractivity contribution in [3.63, 3.8) is 0 Å². The lowest BCUT2D eigenvalue weighted by atomic mass is 10.1. The maximum Gasteiger partial charge on any atom is 0.191 e. The van der Waals surface area contributed by atoms with Crippen LogP contribution in [0.3, 0.4) is 0 Å². The fourth-order valence-corrected chi connectivity index (χ4v) is 3.23. The maximum atomic E-state index is 10.7. The van der Waals surface area contributed by atoms with Gasteiger partial charge in [-0.25, -0.2) is 0 Å². The molecule has 1 fully saturated rings. The molecule has 0 saturated carbocycles. The van der Waals surface area contributed by atoms with Crippen molar-refractivity contribution in [2.24, 2.45) is 4.99 Å². The second kappa shape index (κ2) is 13.3. The fraction of sp³-hybridized carbons (Fsp3) is 0.667. The van der Waals surface area contributed by atoms with Crippen molar-refractivity contribution in [2.45, 2.75) is 32.8 Å². The molecule has 1 aromatic carbocycles. The van der Waals surface area contributed by atoms with Gasteiger partial charge in [-0.1, -0.05) is 12.1 Å². The molecule has 1 unspecified atom stereocenters. The van der Waals surface area contributed by atoms with E-state index in [1.807, 2.05) is 20.8 Å². The number of rotatable bonds is 9. The normalized spacial score (nSPS) is 17.2. The molecule has 3 N–H and O–H groups in total. The van der Waals surface area contributed by atoms with E-state index in [2.05, 4.69) is 38.7 Å². The van der Waals surface area contributed by atoms with Crippen LogP contribution in [-0.2, 0) is 11.2 Å². The van der Waals surface area contributed by atoms with Gasteiger partial charge >= 0.3 is 0 Å². The molecule has 0 spiro atoms. The number of aliphatic imine (C=N–C) groups is 1. The molecule has 166 valence electrons. The van der Waals surface area contributed by atoms with Gasteiger partial charge in [0, 0.05) is 32.7 Å². The molecule has 1 aliphatic heterocycles. The first kappa shape index (κ1) is 25.9. The molecule has 8 heteroatoms. The number of aliphatic hydroxyl groups is 1. The Labute approximate surface area is 192 Å². The van der Waals surface area contributed by atoms with Crippen LogP contribution >= 0.6 is 24.0 Å². The number of hydrogen-bond acceptors (Lipinski definition) is 5. The monoisotopic (exact) mass is 520 g/mol. The van der Waals surface area contributed by atoms with E-state index in [-0.39, 0.29) is 24.0 Å². The summed E-state index contributed by atoms with van der Waals surface area (Å²) in [7, 11) is 1.70. The molecule has 1 saturated heterocycles. The van der Waals surface area contributed by atoms with Crippen molar-refractivity contribution in [1.82, 2.24) is 15.5 Å². The van der Waals surface area contributed by atoms with Gasteiger partial charge in [-0.3, -0.25) is 9.89 Å². The number of morpholine rings is 1. The average molecular weight is 520 g/mol. The van der Waals surface area contributed by atoms with E-state index < -0.39 is 5.60 Å². The molecule has 2 rings (SSSR count). The van der Waals surface area contributed by atoms with E-state index in [1.165, 1.54) is 5.56 Å². The number of halogens is 1. The summed E-state index contributed by atoms with van der Waals surface area (Å²) >= 11 is 0. The molecular weight excluding hydrogens is 483 g/mol. The summed E-state index contributed by atoms with van der Waals surface area (Å²) < 4.78 is 10.8. The van der Waals surface area contributed by atoms with Crippen molar-refractivity contribution >= 4 is 29.9 Å². The van der Waals surface area contributed by atoms with Crippen molar-refractivity contribution < 1.29 is 14.6 Å². The minimum absolute atomic E-state index is 0. The molecule has 0 aliphatic carbocycles. The Balaban J connectivity index is 0.00000420. The number of aryl methyl sites for hydroxylation is 1. The number of guanidine groups is 1. The molecule has 0 bridgehead atoms. The van der Waals surface area contributed by atoms with Crippen molar-refractivity contribution in [1.29, 1.82) is 0 Å². The lowest BCUT2D eigenvalue weighted by Crippen LogP contribution is -2.48. The minimum atomic E-state index is -0.871. The third kappa shape index (κ3) is 9.50. The van der Waals surface area contributed by atoms with Crippen LogP contribution in [0.25, 0.3) is 0 Å². The molecular formula is C21H37IN4O3. The van der Waals surface area contributed by atoms with Gasteiger partial charge in [0.2, 0.25) is 0 Å². The molecule has 1 aromatic rings. The van der Waals surface area contributed by atoms with Crippen LogP contribution < -0.4 is 15.4 Å². The van der Waals surface area contributed by atoms with E-state index in [0.29, 0.717) is 13.1 Å². The van der Waals surface area contributed by atoms with Crippen LogP contribution in [0.4, 0.5) is 0 Å². The van der Waals surface area contributed by atoms with E-state index in [4.69, 9.17) is 9.47 Å². The molecule has 0 amide bonds. The van der Waals surface area contributed by atoms with Crippen molar-refractivity contribution in [3.8, 4) is 5.75 Å². The molecule has 29 heavy (non-hydrogen) atoms. The lowest BCUT2D eigenvalue weighted by Gasteiger charge is -2.33. The quantitative estimate of drug-likeness (QED) is 0.262. The molecule has 1 heterocycles. The Morgan fingerprint density at radius 3 is 2.69 bits per heavy atom. The summed E-state index contributed by atoms with van der Waals surface area (Å²) in [5.74, 6) is 1.64. The first-order chi connectivity index (χ1) is 13.4. The molecule has 0 radical (unpaired) electrons. The fourth-order valence-electron chi connectivity index (χ4n) is 3.23. The number of nitrogens with one attached hydrogen (secondary N) is 2. The molecule has 7 nitrogen and oxygen atoms in total. The summed E-state index contributed by atoms with van der Waals surface area (Å²) in [5.41, 5.74) is 1.48. The van der Waals surface area contributed by atoms with Gasteiger partial charge in [-0.2, -0.15) is 0 Å². The van der Waals surface area contributed by atoms with Crippen molar-refractivity contribution in [3.05, 3.63) is 29.3 Å². The summed E-state index contributed by atoms with van der Waals surface area (Å²) in [6, 6.07) is 6.28. The number of methoxy groups -OCH3 is 1. The van der Waals surface area contributed by atoms with E-state index >= 15 is 0 Å². The lowest BCUT2D eigenvalue weighted by molar-refractivity contribution is -0.0179. The topological polar surface area (TPSA) is 78.4 Å². The average Bonchev–Trinajstić information content (AvgIpc) is 2.68. The number of hydrogen-bond donors (Lipinski definition) is 3. The number of nitrogens with zero attached hydrogens (tertiary/aromatic N) is 2. The van der Waals surface area contributed by atoms with Crippen LogP contribution in [0.15, 0.2) is 23.2 Å². The zero-order valence-electron chi connectivity index (χ0n) is 18.2. The third-order valence-corrected chi connectivity index (χ3v) is 4.77. The third-order valence-electron chi connectivity index (χ3n) is 4.77. The van der Waals surface area contributed by atoms with Crippen LogP contribution in [0.5, 0.6) is 5.75 Å². The molecule has 1 atom stereocenters. The molecule has 0 aromatic heterocycles. The van der Waals surface area contributed by atoms with Gasteiger partial charge in [-0.05, 0) is 44.4 Å². The number of ether oxygens (including phenoxy) is 2. The largest absolute Gasteiger partial charge is 0.496 e. The van der Waals surface area contributed by atoms with Gasteiger partial charge in [0.15, 0.2) is 5.96 Å². The van der Waals surface area contributed by atoms with E-state index in [1.54, 1.807) is 7.11 Å². The summed E-state index contributed by atoms with van der Waals surface area (Å²) in [6.07, 6.45) is 0.866. The predicted octanol–water partition coefficient (Wildman–Crippen LogP) is 1.80. The summed E-state index contributed by atoms with van der Waals surface area (Å²) in [5, 5.41) is 17.3. The van der Waals surface area contributed by atoms with E-state index in [9.17, 15) is 5.11 Å². The Hall–Kier alpha value is -1.10. The maximum absolute atomic E-state index is 10.7. The first-order valence-corrected chi connectivity index (χ1v) is 10.1. The Kier molecular flexibility index (Phi) is 11.9. The highest BCUT2D eigenvalue weighted by Crippen LogP contribution is 2.19. The summed E-state index contributed by atoms with van der Waals surface area (Å²) in [6.45, 7) is 11.6. The highest BCUT2D eigenvalue weighted by Gasteiger charge is 2.25. The second-order valence-electron chi connectivity index (χ2n) is 7.56. The number of benzene rings is 1. The highest BCUT2D eigenvalue weighted by atomic mass is 127. The van der Waals surface area contributed by atoms with Gasteiger partial charge in [0.05, 0.1) is 32.5 Å². The highest BCUT2D eigenvalue weighted by molar-refractivity contribution is 14.0. The summed E-state index contributed by atoms with van der Waals surface area (Å²) in [4.78, 5) is 6.82. The Morgan fingerprint density at radius 1 is 1.31 bits per heavy atom. The zero-order chi connectivity index (χ0) is 20.4. The Bertz CT molecular complexity index is 634. The van der Waals surface area contributed by atoms with Crippen LogP contribution in [0, 0.1) is 6.92 Å².